The molecule has 0 radical (unpaired) electrons. The zero-order valence-corrected chi connectivity index (χ0v) is 9.47. The van der Waals surface area contributed by atoms with Crippen molar-refractivity contribution in [3.63, 3.8) is 0 Å². The van der Waals surface area contributed by atoms with Crippen LogP contribution in [0.2, 0.25) is 0 Å². The van der Waals surface area contributed by atoms with Gasteiger partial charge < -0.3 is 4.90 Å². The smallest absolute Gasteiger partial charge is 0.246 e. The van der Waals surface area contributed by atoms with Gasteiger partial charge in [-0.2, -0.15) is 0 Å². The number of rotatable bonds is 3. The predicted octanol–water partition coefficient (Wildman–Crippen LogP) is 1.99. The molecular formula is C10H14N2OS. The van der Waals surface area contributed by atoms with Crippen molar-refractivity contribution in [2.45, 2.75) is 20.4 Å². The van der Waals surface area contributed by atoms with E-state index < -0.39 is 0 Å². The quantitative estimate of drug-likeness (QED) is 0.715. The Morgan fingerprint density at radius 2 is 2.43 bits per heavy atom. The average molecular weight is 210 g/mol. The first-order valence-electron chi connectivity index (χ1n) is 4.42. The number of allylic oxidation sites excluding steroid dienone is 1. The van der Waals surface area contributed by atoms with E-state index in [1.807, 2.05) is 13.8 Å². The third-order valence-electron chi connectivity index (χ3n) is 1.91. The fraction of sp³-hybridized carbons (Fsp3) is 0.400. The van der Waals surface area contributed by atoms with E-state index in [1.165, 1.54) is 0 Å². The summed E-state index contributed by atoms with van der Waals surface area (Å²) in [6.45, 7) is 4.43. The van der Waals surface area contributed by atoms with Crippen LogP contribution in [0.4, 0.5) is 0 Å². The van der Waals surface area contributed by atoms with Crippen molar-refractivity contribution in [2.24, 2.45) is 0 Å². The number of carbonyl (C=O) groups excluding carboxylic acids is 1. The maximum Gasteiger partial charge on any atom is 0.246 e. The second-order valence-electron chi connectivity index (χ2n) is 3.06. The molecule has 1 heterocycles. The lowest BCUT2D eigenvalue weighted by Crippen LogP contribution is -2.23. The van der Waals surface area contributed by atoms with Crippen LogP contribution in [-0.4, -0.2) is 22.8 Å². The van der Waals surface area contributed by atoms with Gasteiger partial charge in [-0.15, -0.1) is 11.3 Å². The zero-order chi connectivity index (χ0) is 10.6. The van der Waals surface area contributed by atoms with Crippen molar-refractivity contribution in [1.82, 2.24) is 9.88 Å². The van der Waals surface area contributed by atoms with Gasteiger partial charge in [0.05, 0.1) is 17.7 Å². The first-order valence-corrected chi connectivity index (χ1v) is 5.30. The summed E-state index contributed by atoms with van der Waals surface area (Å²) in [5.41, 5.74) is 2.81. The van der Waals surface area contributed by atoms with Gasteiger partial charge in [0.2, 0.25) is 5.91 Å². The SMILES string of the molecule is CC=CC(=O)N(C)Cc1scnc1C. The molecule has 0 spiro atoms. The van der Waals surface area contributed by atoms with Crippen molar-refractivity contribution in [3.05, 3.63) is 28.2 Å². The largest absolute Gasteiger partial charge is 0.337 e. The monoisotopic (exact) mass is 210 g/mol. The van der Waals surface area contributed by atoms with Crippen molar-refractivity contribution >= 4 is 17.2 Å². The van der Waals surface area contributed by atoms with Gasteiger partial charge in [0.15, 0.2) is 0 Å². The number of carbonyl (C=O) groups is 1. The molecule has 0 aliphatic rings. The highest BCUT2D eigenvalue weighted by Gasteiger charge is 2.08. The Hall–Kier alpha value is -1.16. The third kappa shape index (κ3) is 2.67. The molecule has 0 atom stereocenters. The molecule has 0 saturated heterocycles. The fourth-order valence-corrected chi connectivity index (χ4v) is 1.87. The van der Waals surface area contributed by atoms with Crippen LogP contribution in [0.1, 0.15) is 17.5 Å². The van der Waals surface area contributed by atoms with Crippen molar-refractivity contribution in [2.75, 3.05) is 7.05 Å². The van der Waals surface area contributed by atoms with Gasteiger partial charge in [-0.1, -0.05) is 6.08 Å². The van der Waals surface area contributed by atoms with Gasteiger partial charge in [0.1, 0.15) is 0 Å². The molecule has 0 N–H and O–H groups in total. The number of thiazole rings is 1. The minimum atomic E-state index is 0.0281. The second kappa shape index (κ2) is 4.91. The lowest BCUT2D eigenvalue weighted by Gasteiger charge is -2.13. The number of amides is 1. The highest BCUT2D eigenvalue weighted by molar-refractivity contribution is 7.09. The average Bonchev–Trinajstić information content (AvgIpc) is 2.52. The molecule has 1 aromatic rings. The van der Waals surface area contributed by atoms with E-state index in [9.17, 15) is 4.79 Å². The number of likely N-dealkylation sites (N-methyl/N-ethyl adjacent to an activating group) is 1. The molecule has 1 aromatic heterocycles. The van der Waals surface area contributed by atoms with Crippen LogP contribution < -0.4 is 0 Å². The molecule has 76 valence electrons. The summed E-state index contributed by atoms with van der Waals surface area (Å²) in [4.78, 5) is 18.4. The standard InChI is InChI=1S/C10H14N2OS/c1-4-5-10(13)12(3)6-9-8(2)11-7-14-9/h4-5,7H,6H2,1-3H3. The minimum absolute atomic E-state index is 0.0281. The van der Waals surface area contributed by atoms with Gasteiger partial charge in [0.25, 0.3) is 0 Å². The number of nitrogens with zero attached hydrogens (tertiary/aromatic N) is 2. The molecule has 0 bridgehead atoms. The Labute approximate surface area is 88.1 Å². The van der Waals surface area contributed by atoms with E-state index in [2.05, 4.69) is 4.98 Å². The summed E-state index contributed by atoms with van der Waals surface area (Å²) < 4.78 is 0. The topological polar surface area (TPSA) is 33.2 Å². The highest BCUT2D eigenvalue weighted by atomic mass is 32.1. The van der Waals surface area contributed by atoms with Gasteiger partial charge in [-0.25, -0.2) is 4.98 Å². The summed E-state index contributed by atoms with van der Waals surface area (Å²) in [5, 5.41) is 0. The Morgan fingerprint density at radius 1 is 1.71 bits per heavy atom. The molecule has 1 amide bonds. The highest BCUT2D eigenvalue weighted by Crippen LogP contribution is 2.14. The summed E-state index contributed by atoms with van der Waals surface area (Å²) in [6.07, 6.45) is 3.31. The Balaban J connectivity index is 2.61. The summed E-state index contributed by atoms with van der Waals surface area (Å²) in [7, 11) is 1.79. The molecule has 0 aromatic carbocycles. The first kappa shape index (κ1) is 10.9. The van der Waals surface area contributed by atoms with Crippen LogP contribution in [0.25, 0.3) is 0 Å². The third-order valence-corrected chi connectivity index (χ3v) is 2.83. The molecule has 14 heavy (non-hydrogen) atoms. The predicted molar refractivity (Wildman–Crippen MR) is 58.1 cm³/mol. The molecule has 0 aliphatic heterocycles. The van der Waals surface area contributed by atoms with Crippen molar-refractivity contribution < 1.29 is 4.79 Å². The summed E-state index contributed by atoms with van der Waals surface area (Å²) >= 11 is 1.58. The van der Waals surface area contributed by atoms with Gasteiger partial charge >= 0.3 is 0 Å². The maximum absolute atomic E-state index is 11.4. The van der Waals surface area contributed by atoms with E-state index in [4.69, 9.17) is 0 Å². The van der Waals surface area contributed by atoms with Gasteiger partial charge in [-0.05, 0) is 19.9 Å². The van der Waals surface area contributed by atoms with Gasteiger partial charge in [-0.3, -0.25) is 4.79 Å². The molecule has 0 aliphatic carbocycles. The molecular weight excluding hydrogens is 196 g/mol. The van der Waals surface area contributed by atoms with E-state index in [0.717, 1.165) is 10.6 Å². The lowest BCUT2D eigenvalue weighted by atomic mass is 10.3. The van der Waals surface area contributed by atoms with E-state index in [1.54, 1.807) is 40.9 Å². The van der Waals surface area contributed by atoms with Crippen LogP contribution in [-0.2, 0) is 11.3 Å². The number of aromatic nitrogens is 1. The number of aryl methyl sites for hydroxylation is 1. The first-order chi connectivity index (χ1) is 6.65. The summed E-state index contributed by atoms with van der Waals surface area (Å²) in [6, 6.07) is 0. The van der Waals surface area contributed by atoms with Crippen LogP contribution in [0, 0.1) is 6.92 Å². The zero-order valence-electron chi connectivity index (χ0n) is 8.65. The minimum Gasteiger partial charge on any atom is -0.337 e. The number of hydrogen-bond acceptors (Lipinski definition) is 3. The van der Waals surface area contributed by atoms with Crippen molar-refractivity contribution in [3.8, 4) is 0 Å². The number of hydrogen-bond donors (Lipinski definition) is 0. The molecule has 1 rings (SSSR count). The Bertz CT molecular complexity index is 344. The van der Waals surface area contributed by atoms with Crippen LogP contribution >= 0.6 is 11.3 Å². The molecule has 3 nitrogen and oxygen atoms in total. The van der Waals surface area contributed by atoms with Crippen LogP contribution in [0.3, 0.4) is 0 Å². The van der Waals surface area contributed by atoms with E-state index >= 15 is 0 Å². The molecule has 4 heteroatoms. The second-order valence-corrected chi connectivity index (χ2v) is 3.99. The molecule has 0 saturated carbocycles. The van der Waals surface area contributed by atoms with E-state index in [-0.39, 0.29) is 5.91 Å². The van der Waals surface area contributed by atoms with E-state index in [0.29, 0.717) is 6.54 Å². The fourth-order valence-electron chi connectivity index (χ4n) is 1.04. The molecule has 0 fully saturated rings. The summed E-state index contributed by atoms with van der Waals surface area (Å²) in [5.74, 6) is 0.0281. The maximum atomic E-state index is 11.4. The normalized spacial score (nSPS) is 10.8. The van der Waals surface area contributed by atoms with Crippen LogP contribution in [0.5, 0.6) is 0 Å². The van der Waals surface area contributed by atoms with Gasteiger partial charge in [0, 0.05) is 11.9 Å². The van der Waals surface area contributed by atoms with Crippen molar-refractivity contribution in [1.29, 1.82) is 0 Å². The lowest BCUT2D eigenvalue weighted by molar-refractivity contribution is -0.125. The molecule has 0 unspecified atom stereocenters. The Kier molecular flexibility index (Phi) is 3.83. The Morgan fingerprint density at radius 3 is 2.93 bits per heavy atom. The van der Waals surface area contributed by atoms with Crippen LogP contribution in [0.15, 0.2) is 17.7 Å².